The quantitative estimate of drug-likeness (QED) is 0.746. The van der Waals surface area contributed by atoms with E-state index >= 15 is 0 Å². The fraction of sp³-hybridized carbons (Fsp3) is 0.200. The molecule has 1 aromatic rings. The van der Waals surface area contributed by atoms with Gasteiger partial charge in [0.25, 0.3) is 0 Å². The van der Waals surface area contributed by atoms with Crippen molar-refractivity contribution in [2.45, 2.75) is 6.92 Å². The van der Waals surface area contributed by atoms with Crippen molar-refractivity contribution in [2.75, 3.05) is 7.11 Å². The lowest BCUT2D eigenvalue weighted by molar-refractivity contribution is 0.341. The van der Waals surface area contributed by atoms with E-state index in [4.69, 9.17) is 4.74 Å². The van der Waals surface area contributed by atoms with Gasteiger partial charge in [-0.25, -0.2) is 0 Å². The van der Waals surface area contributed by atoms with Gasteiger partial charge in [-0.3, -0.25) is 0 Å². The van der Waals surface area contributed by atoms with Gasteiger partial charge in [0.15, 0.2) is 0 Å². The van der Waals surface area contributed by atoms with Crippen LogP contribution in [0.2, 0.25) is 0 Å². The van der Waals surface area contributed by atoms with Crippen LogP contribution < -0.4 is 0 Å². The summed E-state index contributed by atoms with van der Waals surface area (Å²) in [5.41, 5.74) is 2.31. The van der Waals surface area contributed by atoms with Gasteiger partial charge in [0.2, 0.25) is 0 Å². The summed E-state index contributed by atoms with van der Waals surface area (Å²) in [5.74, 6) is 0. The number of halogens is 2. The smallest absolute Gasteiger partial charge is 0.0831 e. The molecule has 0 saturated carbocycles. The Morgan fingerprint density at radius 2 is 1.77 bits per heavy atom. The van der Waals surface area contributed by atoms with Gasteiger partial charge in [0, 0.05) is 14.5 Å². The maximum atomic E-state index is 4.86. The summed E-state index contributed by atoms with van der Waals surface area (Å²) in [6, 6.07) is 4.14. The molecule has 0 radical (unpaired) electrons. The van der Waals surface area contributed by atoms with E-state index in [2.05, 4.69) is 50.9 Å². The largest absolute Gasteiger partial charge is 0.504 e. The number of ether oxygens (including phenoxy) is 1. The molecule has 0 atom stereocenters. The molecule has 0 heterocycles. The van der Waals surface area contributed by atoms with Gasteiger partial charge in [-0.15, -0.1) is 0 Å². The molecule has 70 valence electrons. The van der Waals surface area contributed by atoms with Crippen LogP contribution in [-0.4, -0.2) is 7.11 Å². The van der Waals surface area contributed by atoms with Gasteiger partial charge < -0.3 is 4.74 Å². The molecular weight excluding hydrogens is 296 g/mol. The monoisotopic (exact) mass is 304 g/mol. The van der Waals surface area contributed by atoms with Crippen molar-refractivity contribution in [2.24, 2.45) is 0 Å². The highest BCUT2D eigenvalue weighted by Gasteiger charge is 2.02. The van der Waals surface area contributed by atoms with Crippen LogP contribution in [0.15, 0.2) is 27.3 Å². The van der Waals surface area contributed by atoms with Gasteiger partial charge in [-0.2, -0.15) is 0 Å². The highest BCUT2D eigenvalue weighted by atomic mass is 79.9. The van der Waals surface area contributed by atoms with Crippen molar-refractivity contribution in [3.8, 4) is 0 Å². The standard InChI is InChI=1S/C10H10Br2O/c1-7-5-9(11)8(3-4-13-2)10(12)6-7/h3-6H,1-2H3/b4-3+. The summed E-state index contributed by atoms with van der Waals surface area (Å²) in [5, 5.41) is 0. The highest BCUT2D eigenvalue weighted by Crippen LogP contribution is 2.28. The molecule has 0 aliphatic carbocycles. The number of hydrogen-bond acceptors (Lipinski definition) is 1. The summed E-state index contributed by atoms with van der Waals surface area (Å²) in [6.07, 6.45) is 3.56. The Morgan fingerprint density at radius 3 is 2.23 bits per heavy atom. The van der Waals surface area contributed by atoms with Crippen molar-refractivity contribution < 1.29 is 4.74 Å². The summed E-state index contributed by atoms with van der Waals surface area (Å²) in [7, 11) is 1.63. The van der Waals surface area contributed by atoms with Crippen LogP contribution in [-0.2, 0) is 4.74 Å². The molecule has 0 saturated heterocycles. The summed E-state index contributed by atoms with van der Waals surface area (Å²) in [4.78, 5) is 0. The van der Waals surface area contributed by atoms with Crippen LogP contribution in [0.4, 0.5) is 0 Å². The van der Waals surface area contributed by atoms with Crippen molar-refractivity contribution in [1.29, 1.82) is 0 Å². The highest BCUT2D eigenvalue weighted by molar-refractivity contribution is 9.11. The Hall–Kier alpha value is -0.280. The molecule has 0 aliphatic rings. The zero-order valence-electron chi connectivity index (χ0n) is 7.47. The van der Waals surface area contributed by atoms with Gasteiger partial charge in [0.05, 0.1) is 13.4 Å². The van der Waals surface area contributed by atoms with Crippen LogP contribution >= 0.6 is 31.9 Å². The summed E-state index contributed by atoms with van der Waals surface area (Å²) < 4.78 is 6.99. The molecule has 13 heavy (non-hydrogen) atoms. The van der Waals surface area contributed by atoms with E-state index in [9.17, 15) is 0 Å². The zero-order chi connectivity index (χ0) is 9.84. The van der Waals surface area contributed by atoms with Crippen LogP contribution in [0, 0.1) is 6.92 Å². The van der Waals surface area contributed by atoms with E-state index in [1.807, 2.05) is 6.08 Å². The molecule has 1 aromatic carbocycles. The maximum absolute atomic E-state index is 4.86. The average molecular weight is 306 g/mol. The van der Waals surface area contributed by atoms with E-state index in [0.717, 1.165) is 14.5 Å². The van der Waals surface area contributed by atoms with Crippen LogP contribution in [0.3, 0.4) is 0 Å². The Labute approximate surface area is 95.1 Å². The molecule has 3 heteroatoms. The van der Waals surface area contributed by atoms with E-state index in [1.54, 1.807) is 13.4 Å². The maximum Gasteiger partial charge on any atom is 0.0831 e. The van der Waals surface area contributed by atoms with Crippen LogP contribution in [0.1, 0.15) is 11.1 Å². The molecular formula is C10H10Br2O. The third-order valence-electron chi connectivity index (χ3n) is 1.59. The number of hydrogen-bond donors (Lipinski definition) is 0. The van der Waals surface area contributed by atoms with Gasteiger partial charge >= 0.3 is 0 Å². The van der Waals surface area contributed by atoms with Crippen molar-refractivity contribution in [3.63, 3.8) is 0 Å². The molecule has 0 bridgehead atoms. The van der Waals surface area contributed by atoms with Crippen molar-refractivity contribution in [1.82, 2.24) is 0 Å². The fourth-order valence-electron chi connectivity index (χ4n) is 1.01. The molecule has 0 unspecified atom stereocenters. The topological polar surface area (TPSA) is 9.23 Å². The number of aryl methyl sites for hydroxylation is 1. The van der Waals surface area contributed by atoms with Crippen LogP contribution in [0.5, 0.6) is 0 Å². The van der Waals surface area contributed by atoms with E-state index < -0.39 is 0 Å². The summed E-state index contributed by atoms with van der Waals surface area (Å²) >= 11 is 6.98. The predicted molar refractivity (Wildman–Crippen MR) is 62.6 cm³/mol. The van der Waals surface area contributed by atoms with Gasteiger partial charge in [-0.05, 0) is 30.7 Å². The molecule has 1 rings (SSSR count). The Balaban J connectivity index is 3.13. The molecule has 0 fully saturated rings. The minimum Gasteiger partial charge on any atom is -0.504 e. The Morgan fingerprint density at radius 1 is 1.23 bits per heavy atom. The predicted octanol–water partition coefficient (Wildman–Crippen LogP) is 4.14. The molecule has 1 nitrogen and oxygen atoms in total. The summed E-state index contributed by atoms with van der Waals surface area (Å²) in [6.45, 7) is 2.05. The van der Waals surface area contributed by atoms with Crippen molar-refractivity contribution >= 4 is 37.9 Å². The van der Waals surface area contributed by atoms with Gasteiger partial charge in [-0.1, -0.05) is 31.9 Å². The first kappa shape index (κ1) is 10.8. The van der Waals surface area contributed by atoms with E-state index in [-0.39, 0.29) is 0 Å². The van der Waals surface area contributed by atoms with E-state index in [0.29, 0.717) is 0 Å². The number of rotatable bonds is 2. The molecule has 0 aromatic heterocycles. The fourth-order valence-corrected chi connectivity index (χ4v) is 2.69. The number of benzene rings is 1. The third kappa shape index (κ3) is 2.85. The second-order valence-electron chi connectivity index (χ2n) is 2.68. The van der Waals surface area contributed by atoms with Crippen LogP contribution in [0.25, 0.3) is 6.08 Å². The molecule has 0 N–H and O–H groups in total. The third-order valence-corrected chi connectivity index (χ3v) is 2.91. The molecule has 0 aliphatic heterocycles. The Kier molecular flexibility index (Phi) is 4.00. The lowest BCUT2D eigenvalue weighted by atomic mass is 10.1. The normalized spacial score (nSPS) is 10.8. The SMILES string of the molecule is CO/C=C/c1c(Br)cc(C)cc1Br. The molecule has 0 amide bonds. The second-order valence-corrected chi connectivity index (χ2v) is 4.39. The second kappa shape index (κ2) is 4.82. The Bertz CT molecular complexity index is 309. The molecule has 0 spiro atoms. The lowest BCUT2D eigenvalue weighted by Crippen LogP contribution is -1.82. The van der Waals surface area contributed by atoms with Gasteiger partial charge in [0.1, 0.15) is 0 Å². The average Bonchev–Trinajstić information content (AvgIpc) is 2.02. The van der Waals surface area contributed by atoms with E-state index in [1.165, 1.54) is 5.56 Å². The minimum absolute atomic E-state index is 1.06. The first-order chi connectivity index (χ1) is 6.15. The lowest BCUT2D eigenvalue weighted by Gasteiger charge is -2.03. The van der Waals surface area contributed by atoms with Crippen molar-refractivity contribution in [3.05, 3.63) is 38.5 Å². The first-order valence-corrected chi connectivity index (χ1v) is 5.38. The zero-order valence-corrected chi connectivity index (χ0v) is 10.6. The first-order valence-electron chi connectivity index (χ1n) is 3.80. The minimum atomic E-state index is 1.06. The number of methoxy groups -OCH3 is 1.